The molecule has 0 fully saturated rings. The molecule has 1 heterocycles. The van der Waals surface area contributed by atoms with E-state index < -0.39 is 5.92 Å². The number of ketones is 2. The van der Waals surface area contributed by atoms with Crippen molar-refractivity contribution in [2.45, 2.75) is 79.4 Å². The molecule has 0 saturated heterocycles. The van der Waals surface area contributed by atoms with Gasteiger partial charge in [-0.2, -0.15) is 0 Å². The Labute approximate surface area is 276 Å². The number of carbonyl (C=O) groups excluding carboxylic acids is 2. The Morgan fingerprint density at radius 3 is 1.96 bits per heavy atom. The van der Waals surface area contributed by atoms with E-state index in [2.05, 4.69) is 44.7 Å². The fraction of sp³-hybridized carbons (Fsp3) is 0.385. The van der Waals surface area contributed by atoms with Crippen LogP contribution in [0.4, 0.5) is 4.39 Å². The summed E-state index contributed by atoms with van der Waals surface area (Å²) >= 11 is 6.95. The Balaban J connectivity index is 1.51. The molecule has 6 rings (SSSR count). The normalized spacial score (nSPS) is 19.2. The zero-order chi connectivity index (χ0) is 32.8. The molecule has 3 aromatic rings. The third kappa shape index (κ3) is 6.37. The van der Waals surface area contributed by atoms with Gasteiger partial charge in [-0.3, -0.25) is 9.59 Å². The number of hydrogen-bond acceptors (Lipinski definition) is 5. The van der Waals surface area contributed by atoms with E-state index in [-0.39, 0.29) is 34.8 Å². The first-order valence-corrected chi connectivity index (χ1v) is 16.4. The van der Waals surface area contributed by atoms with Gasteiger partial charge in [0.15, 0.2) is 23.1 Å². The highest BCUT2D eigenvalue weighted by Crippen LogP contribution is 2.56. The molecule has 1 aliphatic heterocycles. The van der Waals surface area contributed by atoms with Crippen molar-refractivity contribution in [3.8, 4) is 11.5 Å². The third-order valence-corrected chi connectivity index (χ3v) is 9.45. The summed E-state index contributed by atoms with van der Waals surface area (Å²) in [6.07, 6.45) is 2.23. The highest BCUT2D eigenvalue weighted by atomic mass is 35.5. The van der Waals surface area contributed by atoms with Gasteiger partial charge in [0.05, 0.1) is 11.6 Å². The number of hydrogen-bond donors (Lipinski definition) is 0. The molecule has 3 aromatic carbocycles. The maximum absolute atomic E-state index is 14.2. The molecule has 0 amide bonds. The van der Waals surface area contributed by atoms with E-state index in [1.165, 1.54) is 12.1 Å². The van der Waals surface area contributed by atoms with E-state index in [0.29, 0.717) is 66.5 Å². The van der Waals surface area contributed by atoms with Crippen molar-refractivity contribution in [1.82, 2.24) is 4.90 Å². The van der Waals surface area contributed by atoms with Crippen LogP contribution in [0.15, 0.2) is 89.3 Å². The zero-order valence-electron chi connectivity index (χ0n) is 27.2. The molecular weight excluding hydrogens is 601 g/mol. The Morgan fingerprint density at radius 1 is 0.804 bits per heavy atom. The van der Waals surface area contributed by atoms with E-state index in [4.69, 9.17) is 21.1 Å². The van der Waals surface area contributed by atoms with Crippen molar-refractivity contribution in [2.75, 3.05) is 6.61 Å². The Morgan fingerprint density at radius 2 is 1.39 bits per heavy atom. The molecule has 0 atom stereocenters. The van der Waals surface area contributed by atoms with Crippen LogP contribution in [0.2, 0.25) is 5.02 Å². The molecule has 7 heteroatoms. The predicted octanol–water partition coefficient (Wildman–Crippen LogP) is 9.34. The van der Waals surface area contributed by atoms with E-state index in [1.807, 2.05) is 37.3 Å². The van der Waals surface area contributed by atoms with Gasteiger partial charge in [-0.05, 0) is 71.6 Å². The number of halogens is 2. The Hall–Kier alpha value is -3.90. The molecule has 46 heavy (non-hydrogen) atoms. The number of carbonyl (C=O) groups is 2. The first-order chi connectivity index (χ1) is 21.9. The summed E-state index contributed by atoms with van der Waals surface area (Å²) in [5, 5.41) is 0.325. The van der Waals surface area contributed by atoms with Gasteiger partial charge in [0.1, 0.15) is 12.4 Å². The second-order valence-electron chi connectivity index (χ2n) is 14.3. The average molecular weight is 642 g/mol. The maximum atomic E-state index is 14.2. The van der Waals surface area contributed by atoms with Crippen molar-refractivity contribution < 1.29 is 23.5 Å². The van der Waals surface area contributed by atoms with Gasteiger partial charge in [0, 0.05) is 47.8 Å². The molecule has 3 aliphatic rings. The number of Topliss-reactive ketones (excluding diaryl/α,β-unsaturated/α-hetero) is 2. The molecule has 0 spiro atoms. The van der Waals surface area contributed by atoms with Crippen LogP contribution >= 0.6 is 11.6 Å². The highest BCUT2D eigenvalue weighted by molar-refractivity contribution is 6.32. The minimum absolute atomic E-state index is 0.0595. The van der Waals surface area contributed by atoms with Crippen LogP contribution in [-0.2, 0) is 22.7 Å². The lowest BCUT2D eigenvalue weighted by molar-refractivity contribution is -0.119. The minimum Gasteiger partial charge on any atom is -0.490 e. The van der Waals surface area contributed by atoms with Crippen LogP contribution in [-0.4, -0.2) is 23.1 Å². The van der Waals surface area contributed by atoms with E-state index >= 15 is 0 Å². The molecule has 0 aromatic heterocycles. The number of benzene rings is 3. The van der Waals surface area contributed by atoms with E-state index in [0.717, 1.165) is 28.1 Å². The van der Waals surface area contributed by atoms with Gasteiger partial charge in [-0.1, -0.05) is 81.8 Å². The van der Waals surface area contributed by atoms with E-state index in [1.54, 1.807) is 12.1 Å². The molecule has 0 unspecified atom stereocenters. The lowest BCUT2D eigenvalue weighted by atomic mass is 9.63. The quantitative estimate of drug-likeness (QED) is 0.245. The topological polar surface area (TPSA) is 55.8 Å². The molecule has 0 saturated carbocycles. The van der Waals surface area contributed by atoms with Gasteiger partial charge in [0.25, 0.3) is 0 Å². The van der Waals surface area contributed by atoms with Crippen molar-refractivity contribution >= 4 is 23.2 Å². The number of allylic oxidation sites excluding steroid dienone is 4. The second-order valence-corrected chi connectivity index (χ2v) is 14.7. The van der Waals surface area contributed by atoms with Crippen LogP contribution in [0.3, 0.4) is 0 Å². The standard InChI is InChI=1S/C39H41ClFNO4/c1-6-45-33-17-26(16-28(40)37(33)46-23-25-12-14-27(41)15-13-25)34-35-29(18-38(2,3)20-31(35)43)42(22-24-10-8-7-9-11-24)30-19-39(4,5)21-32(44)36(30)34/h7-17,34H,6,18-23H2,1-5H3. The molecular formula is C39H41ClFNO4. The number of ether oxygens (including phenoxy) is 2. The molecule has 5 nitrogen and oxygen atoms in total. The second kappa shape index (κ2) is 12.4. The summed E-state index contributed by atoms with van der Waals surface area (Å²) in [5.74, 6) is 0.0455. The number of nitrogens with zero attached hydrogens (tertiary/aromatic N) is 1. The van der Waals surface area contributed by atoms with Crippen molar-refractivity contribution in [3.05, 3.63) is 117 Å². The first kappa shape index (κ1) is 32.1. The van der Waals surface area contributed by atoms with Gasteiger partial charge < -0.3 is 14.4 Å². The summed E-state index contributed by atoms with van der Waals surface area (Å²) in [6, 6.07) is 20.0. The van der Waals surface area contributed by atoms with Crippen molar-refractivity contribution in [2.24, 2.45) is 10.8 Å². The summed E-state index contributed by atoms with van der Waals surface area (Å²) in [4.78, 5) is 30.8. The molecule has 0 bridgehead atoms. The van der Waals surface area contributed by atoms with Crippen LogP contribution in [0.5, 0.6) is 11.5 Å². The minimum atomic E-state index is -0.563. The fourth-order valence-corrected chi connectivity index (χ4v) is 7.51. The Bertz CT molecular complexity index is 1690. The molecule has 0 radical (unpaired) electrons. The summed E-state index contributed by atoms with van der Waals surface area (Å²) in [7, 11) is 0. The largest absolute Gasteiger partial charge is 0.490 e. The van der Waals surface area contributed by atoms with Gasteiger partial charge >= 0.3 is 0 Å². The number of rotatable bonds is 8. The molecule has 0 N–H and O–H groups in total. The summed E-state index contributed by atoms with van der Waals surface area (Å²) in [6.45, 7) is 11.6. The van der Waals surface area contributed by atoms with Crippen LogP contribution in [0.1, 0.15) is 82.9 Å². The van der Waals surface area contributed by atoms with E-state index in [9.17, 15) is 14.0 Å². The third-order valence-electron chi connectivity index (χ3n) is 9.17. The van der Waals surface area contributed by atoms with Crippen LogP contribution in [0, 0.1) is 16.6 Å². The average Bonchev–Trinajstić information content (AvgIpc) is 2.97. The van der Waals surface area contributed by atoms with Gasteiger partial charge in [-0.25, -0.2) is 4.39 Å². The SMILES string of the molecule is CCOc1cc(C2C3=C(CC(C)(C)CC3=O)N(Cc3ccccc3)C3=C2C(=O)CC(C)(C)C3)cc(Cl)c1OCc1ccc(F)cc1. The predicted molar refractivity (Wildman–Crippen MR) is 178 cm³/mol. The molecule has 2 aliphatic carbocycles. The van der Waals surface area contributed by atoms with Crippen LogP contribution in [0.25, 0.3) is 0 Å². The Kier molecular flexibility index (Phi) is 8.62. The van der Waals surface area contributed by atoms with Gasteiger partial charge in [0.2, 0.25) is 0 Å². The monoisotopic (exact) mass is 641 g/mol. The molecule has 240 valence electrons. The summed E-state index contributed by atoms with van der Waals surface area (Å²) < 4.78 is 25.7. The first-order valence-electron chi connectivity index (χ1n) is 16.0. The zero-order valence-corrected chi connectivity index (χ0v) is 28.0. The smallest absolute Gasteiger partial charge is 0.180 e. The van der Waals surface area contributed by atoms with Crippen LogP contribution < -0.4 is 9.47 Å². The summed E-state index contributed by atoms with van der Waals surface area (Å²) in [5.41, 5.74) is 5.53. The van der Waals surface area contributed by atoms with Crippen molar-refractivity contribution in [1.29, 1.82) is 0 Å². The fourth-order valence-electron chi connectivity index (χ4n) is 7.23. The lowest BCUT2D eigenvalue weighted by Crippen LogP contribution is -2.44. The lowest BCUT2D eigenvalue weighted by Gasteiger charge is -2.49. The maximum Gasteiger partial charge on any atom is 0.180 e. The van der Waals surface area contributed by atoms with Crippen molar-refractivity contribution in [3.63, 3.8) is 0 Å². The highest BCUT2D eigenvalue weighted by Gasteiger charge is 2.49. The van der Waals surface area contributed by atoms with Gasteiger partial charge in [-0.15, -0.1) is 0 Å².